The Labute approximate surface area is 122 Å². The third-order valence-electron chi connectivity index (χ3n) is 3.66. The zero-order chi connectivity index (χ0) is 15.7. The third kappa shape index (κ3) is 4.44. The highest BCUT2D eigenvalue weighted by molar-refractivity contribution is 7.91. The maximum Gasteiger partial charge on any atom is 0.416 e. The highest BCUT2D eigenvalue weighted by Crippen LogP contribution is 2.31. The Morgan fingerprint density at radius 2 is 2.05 bits per heavy atom. The fraction of sp³-hybridized carbons (Fsp3) is 0.571. The van der Waals surface area contributed by atoms with E-state index in [2.05, 4.69) is 5.32 Å². The van der Waals surface area contributed by atoms with Crippen molar-refractivity contribution in [1.29, 1.82) is 0 Å². The van der Waals surface area contributed by atoms with Gasteiger partial charge in [0.15, 0.2) is 9.84 Å². The molecule has 0 aromatic heterocycles. The lowest BCUT2D eigenvalue weighted by Gasteiger charge is -2.27. The van der Waals surface area contributed by atoms with Gasteiger partial charge in [-0.15, -0.1) is 0 Å². The van der Waals surface area contributed by atoms with E-state index in [-0.39, 0.29) is 23.6 Å². The molecule has 0 bridgehead atoms. The number of nitrogens with one attached hydrogen (secondary N) is 1. The highest BCUT2D eigenvalue weighted by Gasteiger charge is 2.31. The molecule has 1 aromatic rings. The van der Waals surface area contributed by atoms with E-state index >= 15 is 0 Å². The van der Waals surface area contributed by atoms with Gasteiger partial charge in [-0.3, -0.25) is 0 Å². The molecule has 1 heterocycles. The molecule has 1 aliphatic heterocycles. The van der Waals surface area contributed by atoms with Crippen LogP contribution in [0.3, 0.4) is 0 Å². The Hall–Kier alpha value is -1.08. The summed E-state index contributed by atoms with van der Waals surface area (Å²) < 4.78 is 61.2. The fourth-order valence-electron chi connectivity index (χ4n) is 2.59. The van der Waals surface area contributed by atoms with Gasteiger partial charge in [-0.05, 0) is 37.5 Å². The predicted octanol–water partition coefficient (Wildman–Crippen LogP) is 2.93. The first-order valence-corrected chi connectivity index (χ1v) is 8.63. The number of hydrogen-bond donors (Lipinski definition) is 1. The van der Waals surface area contributed by atoms with Gasteiger partial charge in [0, 0.05) is 12.1 Å². The smallest absolute Gasteiger partial charge is 0.306 e. The number of sulfone groups is 1. The molecule has 2 rings (SSSR count). The average Bonchev–Trinajstić information content (AvgIpc) is 2.36. The van der Waals surface area contributed by atoms with Crippen LogP contribution in [0.15, 0.2) is 24.3 Å². The van der Waals surface area contributed by atoms with E-state index in [9.17, 15) is 21.6 Å². The van der Waals surface area contributed by atoms with E-state index in [1.807, 2.05) is 0 Å². The Morgan fingerprint density at radius 3 is 2.67 bits per heavy atom. The van der Waals surface area contributed by atoms with Crippen molar-refractivity contribution in [1.82, 2.24) is 5.32 Å². The van der Waals surface area contributed by atoms with Gasteiger partial charge in [0.25, 0.3) is 0 Å². The van der Waals surface area contributed by atoms with Gasteiger partial charge >= 0.3 is 6.18 Å². The van der Waals surface area contributed by atoms with Crippen LogP contribution in [0, 0.1) is 0 Å². The summed E-state index contributed by atoms with van der Waals surface area (Å²) in [5.41, 5.74) is -0.183. The van der Waals surface area contributed by atoms with Crippen LogP contribution in [-0.2, 0) is 16.0 Å². The number of halogens is 3. The number of rotatable bonds is 3. The summed E-state index contributed by atoms with van der Waals surface area (Å²) in [5.74, 6) is 0.249. The molecule has 0 aliphatic carbocycles. The maximum absolute atomic E-state index is 12.7. The molecule has 3 nitrogen and oxygen atoms in total. The van der Waals surface area contributed by atoms with Crippen LogP contribution in [0.5, 0.6) is 0 Å². The minimum Gasteiger partial charge on any atom is -0.306 e. The van der Waals surface area contributed by atoms with Crippen molar-refractivity contribution in [3.05, 3.63) is 35.4 Å². The third-order valence-corrected chi connectivity index (χ3v) is 5.48. The minimum atomic E-state index is -4.37. The lowest BCUT2D eigenvalue weighted by molar-refractivity contribution is -0.137. The standard InChI is InChI=1S/C14H18F3NO2S/c1-10(18-13-6-3-7-21(19,20)9-13)11-4-2-5-12(8-11)14(15,16)17/h2,4-5,8,10,13,18H,3,6-7,9H2,1H3. The molecular formula is C14H18F3NO2S. The molecule has 0 spiro atoms. The zero-order valence-corrected chi connectivity index (χ0v) is 12.5. The van der Waals surface area contributed by atoms with Crippen molar-refractivity contribution in [2.24, 2.45) is 0 Å². The molecule has 2 unspecified atom stereocenters. The van der Waals surface area contributed by atoms with Crippen LogP contribution in [-0.4, -0.2) is 26.0 Å². The van der Waals surface area contributed by atoms with Crippen LogP contribution >= 0.6 is 0 Å². The van der Waals surface area contributed by atoms with Crippen molar-refractivity contribution >= 4 is 9.84 Å². The molecule has 1 aliphatic rings. The first-order chi connectivity index (χ1) is 9.67. The second-order valence-corrected chi connectivity index (χ2v) is 7.69. The quantitative estimate of drug-likeness (QED) is 0.931. The summed E-state index contributed by atoms with van der Waals surface area (Å²) in [6, 6.07) is 4.59. The predicted molar refractivity (Wildman–Crippen MR) is 74.7 cm³/mol. The van der Waals surface area contributed by atoms with Crippen molar-refractivity contribution in [3.63, 3.8) is 0 Å². The molecule has 7 heteroatoms. The monoisotopic (exact) mass is 321 g/mol. The Bertz CT molecular complexity index is 598. The topological polar surface area (TPSA) is 46.2 Å². The van der Waals surface area contributed by atoms with Crippen molar-refractivity contribution in [3.8, 4) is 0 Å². The zero-order valence-electron chi connectivity index (χ0n) is 11.7. The Morgan fingerprint density at radius 1 is 1.33 bits per heavy atom. The van der Waals surface area contributed by atoms with Crippen molar-refractivity contribution < 1.29 is 21.6 Å². The van der Waals surface area contributed by atoms with E-state index in [4.69, 9.17) is 0 Å². The van der Waals surface area contributed by atoms with Crippen LogP contribution in [0.25, 0.3) is 0 Å². The van der Waals surface area contributed by atoms with E-state index in [0.717, 1.165) is 18.6 Å². The lowest BCUT2D eigenvalue weighted by atomic mass is 10.0. The maximum atomic E-state index is 12.7. The van der Waals surface area contributed by atoms with E-state index in [1.54, 1.807) is 13.0 Å². The second kappa shape index (κ2) is 5.96. The normalized spacial score (nSPS) is 23.7. The highest BCUT2D eigenvalue weighted by atomic mass is 32.2. The lowest BCUT2D eigenvalue weighted by Crippen LogP contribution is -2.41. The van der Waals surface area contributed by atoms with Crippen LogP contribution in [0.2, 0.25) is 0 Å². The molecule has 0 amide bonds. The molecule has 1 aromatic carbocycles. The first-order valence-electron chi connectivity index (χ1n) is 6.81. The molecule has 1 fully saturated rings. The van der Waals surface area contributed by atoms with Crippen molar-refractivity contribution in [2.75, 3.05) is 11.5 Å². The van der Waals surface area contributed by atoms with Crippen LogP contribution in [0.1, 0.15) is 36.9 Å². The van der Waals surface area contributed by atoms with E-state index in [0.29, 0.717) is 12.0 Å². The van der Waals surface area contributed by atoms with E-state index in [1.165, 1.54) is 6.07 Å². The first kappa shape index (κ1) is 16.3. The fourth-order valence-corrected chi connectivity index (χ4v) is 4.24. The molecule has 0 radical (unpaired) electrons. The second-order valence-electron chi connectivity index (χ2n) is 5.47. The summed E-state index contributed by atoms with van der Waals surface area (Å²) >= 11 is 0. The number of hydrogen-bond acceptors (Lipinski definition) is 3. The van der Waals surface area contributed by atoms with Gasteiger partial charge in [0.1, 0.15) is 0 Å². The van der Waals surface area contributed by atoms with Gasteiger partial charge in [0.2, 0.25) is 0 Å². The number of alkyl halides is 3. The van der Waals surface area contributed by atoms with Gasteiger partial charge in [-0.1, -0.05) is 12.1 Å². The average molecular weight is 321 g/mol. The molecule has 0 saturated carbocycles. The molecular weight excluding hydrogens is 303 g/mol. The molecule has 118 valence electrons. The van der Waals surface area contributed by atoms with Gasteiger partial charge in [-0.2, -0.15) is 13.2 Å². The number of benzene rings is 1. The van der Waals surface area contributed by atoms with Gasteiger partial charge in [0.05, 0.1) is 17.1 Å². The van der Waals surface area contributed by atoms with Gasteiger partial charge in [-0.25, -0.2) is 8.42 Å². The van der Waals surface area contributed by atoms with Gasteiger partial charge < -0.3 is 5.32 Å². The summed E-state index contributed by atoms with van der Waals surface area (Å²) in [5, 5.41) is 3.12. The van der Waals surface area contributed by atoms with Crippen LogP contribution < -0.4 is 5.32 Å². The van der Waals surface area contributed by atoms with E-state index < -0.39 is 21.6 Å². The molecule has 21 heavy (non-hydrogen) atoms. The largest absolute Gasteiger partial charge is 0.416 e. The summed E-state index contributed by atoms with van der Waals surface area (Å²) in [4.78, 5) is 0. The molecule has 1 saturated heterocycles. The Kier molecular flexibility index (Phi) is 4.63. The van der Waals surface area contributed by atoms with Crippen LogP contribution in [0.4, 0.5) is 13.2 Å². The minimum absolute atomic E-state index is 0.0519. The summed E-state index contributed by atoms with van der Waals surface area (Å²) in [6.07, 6.45) is -3.05. The molecule has 2 atom stereocenters. The molecule has 1 N–H and O–H groups in total. The SMILES string of the molecule is CC(NC1CCCS(=O)(=O)C1)c1cccc(C(F)(F)F)c1. The summed E-state index contributed by atoms with van der Waals surface area (Å²) in [7, 11) is -3.03. The Balaban J connectivity index is 2.08. The summed E-state index contributed by atoms with van der Waals surface area (Å²) in [6.45, 7) is 1.75. The van der Waals surface area contributed by atoms with Crippen molar-refractivity contribution in [2.45, 2.75) is 38.0 Å².